The van der Waals surface area contributed by atoms with Crippen LogP contribution in [0.15, 0.2) is 41.7 Å². The highest BCUT2D eigenvalue weighted by Crippen LogP contribution is 2.12. The Labute approximate surface area is 124 Å². The molecule has 114 valence electrons. The number of nitrogens with zero attached hydrogens (tertiary/aromatic N) is 3. The number of pyridine rings is 1. The van der Waals surface area contributed by atoms with Gasteiger partial charge in [-0.05, 0) is 25.5 Å². The Balaban J connectivity index is 1.90. The molecule has 2 N–H and O–H groups in total. The molecule has 2 rings (SSSR count). The van der Waals surface area contributed by atoms with Gasteiger partial charge in [-0.2, -0.15) is 5.10 Å². The topological polar surface area (TPSA) is 88.9 Å². The van der Waals surface area contributed by atoms with Crippen LogP contribution in [-0.4, -0.2) is 36.3 Å². The van der Waals surface area contributed by atoms with Crippen LogP contribution in [0.5, 0.6) is 0 Å². The van der Waals surface area contributed by atoms with Crippen LogP contribution in [0.1, 0.15) is 13.3 Å². The monoisotopic (exact) mass is 309 g/mol. The summed E-state index contributed by atoms with van der Waals surface area (Å²) < 4.78 is 28.7. The molecule has 2 aromatic rings. The summed E-state index contributed by atoms with van der Waals surface area (Å²) in [5.74, 6) is 0.553. The van der Waals surface area contributed by atoms with E-state index in [2.05, 4.69) is 20.1 Å². The zero-order chi connectivity index (χ0) is 15.1. The van der Waals surface area contributed by atoms with E-state index in [1.165, 1.54) is 18.3 Å². The zero-order valence-corrected chi connectivity index (χ0v) is 12.7. The van der Waals surface area contributed by atoms with E-state index < -0.39 is 10.0 Å². The number of anilines is 1. The molecule has 2 aromatic heterocycles. The molecule has 0 spiro atoms. The molecule has 0 aromatic carbocycles. The van der Waals surface area contributed by atoms with Crippen molar-refractivity contribution in [2.45, 2.75) is 24.8 Å². The third kappa shape index (κ3) is 4.54. The smallest absolute Gasteiger partial charge is 0.240 e. The first-order valence-electron chi connectivity index (χ1n) is 6.79. The minimum absolute atomic E-state index is 0.215. The van der Waals surface area contributed by atoms with Gasteiger partial charge in [0.1, 0.15) is 5.82 Å². The third-order valence-corrected chi connectivity index (χ3v) is 4.27. The number of aromatic nitrogens is 3. The first-order valence-corrected chi connectivity index (χ1v) is 8.27. The average molecular weight is 309 g/mol. The summed E-state index contributed by atoms with van der Waals surface area (Å²) >= 11 is 0. The van der Waals surface area contributed by atoms with Crippen LogP contribution in [0.3, 0.4) is 0 Å². The standard InChI is InChI=1S/C13H19N5O2S/c1-2-14-13-11-12(5-8-15-13)21(19,20)17-7-4-10-18-9-3-6-16-18/h3,5-6,8-9,11,17H,2,4,7,10H2,1H3,(H,14,15). The van der Waals surface area contributed by atoms with Crippen molar-refractivity contribution in [3.63, 3.8) is 0 Å². The van der Waals surface area contributed by atoms with Gasteiger partial charge in [-0.3, -0.25) is 4.68 Å². The van der Waals surface area contributed by atoms with Gasteiger partial charge in [0.25, 0.3) is 0 Å². The molecule has 0 unspecified atom stereocenters. The summed E-state index contributed by atoms with van der Waals surface area (Å²) in [6.07, 6.45) is 5.70. The van der Waals surface area contributed by atoms with Crippen molar-refractivity contribution in [1.29, 1.82) is 0 Å². The number of aryl methyl sites for hydroxylation is 1. The van der Waals surface area contributed by atoms with E-state index in [1.54, 1.807) is 10.9 Å². The Morgan fingerprint density at radius 1 is 1.33 bits per heavy atom. The predicted molar refractivity (Wildman–Crippen MR) is 80.4 cm³/mol. The molecule has 0 radical (unpaired) electrons. The fourth-order valence-electron chi connectivity index (χ4n) is 1.82. The normalized spacial score (nSPS) is 11.5. The van der Waals surface area contributed by atoms with E-state index in [9.17, 15) is 8.42 Å². The van der Waals surface area contributed by atoms with Crippen molar-refractivity contribution < 1.29 is 8.42 Å². The zero-order valence-electron chi connectivity index (χ0n) is 11.9. The lowest BCUT2D eigenvalue weighted by Gasteiger charge is -2.08. The lowest BCUT2D eigenvalue weighted by molar-refractivity contribution is 0.553. The van der Waals surface area contributed by atoms with Gasteiger partial charge in [0, 0.05) is 44.3 Å². The first kappa shape index (κ1) is 15.5. The molecule has 0 fully saturated rings. The minimum Gasteiger partial charge on any atom is -0.370 e. The van der Waals surface area contributed by atoms with E-state index in [0.29, 0.717) is 31.9 Å². The molecule has 0 bridgehead atoms. The van der Waals surface area contributed by atoms with E-state index in [0.717, 1.165) is 0 Å². The van der Waals surface area contributed by atoms with Crippen LogP contribution in [0, 0.1) is 0 Å². The van der Waals surface area contributed by atoms with Gasteiger partial charge in [0.2, 0.25) is 10.0 Å². The summed E-state index contributed by atoms with van der Waals surface area (Å²) in [6.45, 7) is 3.65. The Morgan fingerprint density at radius 2 is 2.19 bits per heavy atom. The van der Waals surface area contributed by atoms with Gasteiger partial charge in [-0.1, -0.05) is 0 Å². The van der Waals surface area contributed by atoms with Gasteiger partial charge >= 0.3 is 0 Å². The highest BCUT2D eigenvalue weighted by atomic mass is 32.2. The van der Waals surface area contributed by atoms with Crippen molar-refractivity contribution >= 4 is 15.8 Å². The van der Waals surface area contributed by atoms with Crippen LogP contribution < -0.4 is 10.0 Å². The molecular weight excluding hydrogens is 290 g/mol. The third-order valence-electron chi connectivity index (χ3n) is 2.81. The highest BCUT2D eigenvalue weighted by molar-refractivity contribution is 7.89. The maximum atomic E-state index is 12.2. The molecule has 0 aliphatic heterocycles. The molecule has 0 amide bonds. The van der Waals surface area contributed by atoms with Crippen LogP contribution in [0.4, 0.5) is 5.82 Å². The Kier molecular flexibility index (Phi) is 5.29. The van der Waals surface area contributed by atoms with Crippen LogP contribution in [0.25, 0.3) is 0 Å². The molecule has 0 aliphatic rings. The minimum atomic E-state index is -3.50. The first-order chi connectivity index (χ1) is 10.1. The van der Waals surface area contributed by atoms with Crippen molar-refractivity contribution in [2.75, 3.05) is 18.4 Å². The van der Waals surface area contributed by atoms with Gasteiger partial charge in [-0.25, -0.2) is 18.1 Å². The molecule has 7 nitrogen and oxygen atoms in total. The lowest BCUT2D eigenvalue weighted by atomic mass is 10.4. The average Bonchev–Trinajstić information content (AvgIpc) is 2.98. The number of rotatable bonds is 8. The maximum Gasteiger partial charge on any atom is 0.240 e. The molecular formula is C13H19N5O2S. The number of nitrogens with one attached hydrogen (secondary N) is 2. The fraction of sp³-hybridized carbons (Fsp3) is 0.385. The van der Waals surface area contributed by atoms with Gasteiger partial charge < -0.3 is 5.32 Å². The summed E-state index contributed by atoms with van der Waals surface area (Å²) in [4.78, 5) is 4.27. The van der Waals surface area contributed by atoms with Gasteiger partial charge in [-0.15, -0.1) is 0 Å². The van der Waals surface area contributed by atoms with E-state index in [1.807, 2.05) is 19.2 Å². The molecule has 0 saturated carbocycles. The second-order valence-corrected chi connectivity index (χ2v) is 6.19. The Morgan fingerprint density at radius 3 is 2.90 bits per heavy atom. The van der Waals surface area contributed by atoms with E-state index in [4.69, 9.17) is 0 Å². The molecule has 0 saturated heterocycles. The Bertz CT molecular complexity index is 655. The second kappa shape index (κ2) is 7.19. The highest BCUT2D eigenvalue weighted by Gasteiger charge is 2.14. The fourth-order valence-corrected chi connectivity index (χ4v) is 2.91. The van der Waals surface area contributed by atoms with Crippen LogP contribution >= 0.6 is 0 Å². The van der Waals surface area contributed by atoms with Crippen LogP contribution in [0.2, 0.25) is 0 Å². The second-order valence-electron chi connectivity index (χ2n) is 4.43. The quantitative estimate of drug-likeness (QED) is 0.712. The summed E-state index contributed by atoms with van der Waals surface area (Å²) in [5.41, 5.74) is 0. The van der Waals surface area contributed by atoms with Gasteiger partial charge in [0.15, 0.2) is 0 Å². The number of hydrogen-bond acceptors (Lipinski definition) is 5. The molecule has 21 heavy (non-hydrogen) atoms. The molecule has 0 aliphatic carbocycles. The number of hydrogen-bond donors (Lipinski definition) is 2. The van der Waals surface area contributed by atoms with Crippen LogP contribution in [-0.2, 0) is 16.6 Å². The number of sulfonamides is 1. The molecule has 0 atom stereocenters. The summed E-state index contributed by atoms with van der Waals surface area (Å²) in [5, 5.41) is 7.05. The van der Waals surface area contributed by atoms with Crippen molar-refractivity contribution in [3.8, 4) is 0 Å². The summed E-state index contributed by atoms with van der Waals surface area (Å²) in [7, 11) is -3.50. The molecule has 8 heteroatoms. The Hall–Kier alpha value is -1.93. The van der Waals surface area contributed by atoms with Crippen molar-refractivity contribution in [3.05, 3.63) is 36.8 Å². The van der Waals surface area contributed by atoms with E-state index in [-0.39, 0.29) is 4.90 Å². The SMILES string of the molecule is CCNc1cc(S(=O)(=O)NCCCn2cccn2)ccn1. The van der Waals surface area contributed by atoms with Crippen molar-refractivity contribution in [2.24, 2.45) is 0 Å². The predicted octanol–water partition coefficient (Wildman–Crippen LogP) is 1.08. The lowest BCUT2D eigenvalue weighted by Crippen LogP contribution is -2.25. The van der Waals surface area contributed by atoms with Gasteiger partial charge in [0.05, 0.1) is 4.90 Å². The van der Waals surface area contributed by atoms with Crippen molar-refractivity contribution in [1.82, 2.24) is 19.5 Å². The largest absolute Gasteiger partial charge is 0.370 e. The van der Waals surface area contributed by atoms with E-state index >= 15 is 0 Å². The maximum absolute atomic E-state index is 12.2. The summed E-state index contributed by atoms with van der Waals surface area (Å²) in [6, 6.07) is 4.85. The molecule has 2 heterocycles.